The standard InChI is InChI=1S/C11H15FO2/c1-7-5-6-8(11(2,3)12)10(14-4)9(7)13/h5-6,13H,1-4H3. The molecular weight excluding hydrogens is 183 g/mol. The number of phenolic OH excluding ortho intramolecular Hbond substituents is 1. The van der Waals surface area contributed by atoms with E-state index in [0.29, 0.717) is 11.1 Å². The summed E-state index contributed by atoms with van der Waals surface area (Å²) in [5, 5.41) is 9.65. The molecule has 0 spiro atoms. The Balaban J connectivity index is 3.39. The quantitative estimate of drug-likeness (QED) is 0.791. The Hall–Kier alpha value is -1.25. The monoisotopic (exact) mass is 198 g/mol. The van der Waals surface area contributed by atoms with Gasteiger partial charge in [-0.15, -0.1) is 0 Å². The summed E-state index contributed by atoms with van der Waals surface area (Å²) in [6.07, 6.45) is 0. The Kier molecular flexibility index (Phi) is 2.69. The van der Waals surface area contributed by atoms with Crippen molar-refractivity contribution in [3.63, 3.8) is 0 Å². The summed E-state index contributed by atoms with van der Waals surface area (Å²) in [4.78, 5) is 0. The molecule has 1 aromatic rings. The minimum atomic E-state index is -1.52. The van der Waals surface area contributed by atoms with Gasteiger partial charge in [0.25, 0.3) is 0 Å². The first-order valence-corrected chi connectivity index (χ1v) is 4.44. The third kappa shape index (κ3) is 1.81. The highest BCUT2D eigenvalue weighted by Gasteiger charge is 2.25. The number of ether oxygens (including phenoxy) is 1. The molecule has 3 heteroatoms. The van der Waals surface area contributed by atoms with Gasteiger partial charge >= 0.3 is 0 Å². The number of aryl methyl sites for hydroxylation is 1. The van der Waals surface area contributed by atoms with Crippen molar-refractivity contribution in [1.82, 2.24) is 0 Å². The number of hydrogen-bond acceptors (Lipinski definition) is 2. The number of methoxy groups -OCH3 is 1. The van der Waals surface area contributed by atoms with Crippen molar-refractivity contribution in [3.8, 4) is 11.5 Å². The number of benzene rings is 1. The van der Waals surface area contributed by atoms with E-state index in [-0.39, 0.29) is 11.5 Å². The molecule has 1 N–H and O–H groups in total. The highest BCUT2D eigenvalue weighted by atomic mass is 19.1. The average molecular weight is 198 g/mol. The first kappa shape index (κ1) is 10.8. The van der Waals surface area contributed by atoms with E-state index < -0.39 is 5.67 Å². The van der Waals surface area contributed by atoms with E-state index >= 15 is 0 Å². The molecule has 0 aromatic heterocycles. The van der Waals surface area contributed by atoms with Crippen LogP contribution in [0.25, 0.3) is 0 Å². The highest BCUT2D eigenvalue weighted by Crippen LogP contribution is 2.40. The van der Waals surface area contributed by atoms with Crippen LogP contribution in [0.5, 0.6) is 11.5 Å². The topological polar surface area (TPSA) is 29.5 Å². The van der Waals surface area contributed by atoms with E-state index in [9.17, 15) is 9.50 Å². The zero-order valence-corrected chi connectivity index (χ0v) is 8.89. The molecule has 0 aliphatic heterocycles. The van der Waals surface area contributed by atoms with Crippen LogP contribution in [0.15, 0.2) is 12.1 Å². The fourth-order valence-electron chi connectivity index (χ4n) is 1.34. The van der Waals surface area contributed by atoms with Crippen LogP contribution >= 0.6 is 0 Å². The van der Waals surface area contributed by atoms with Gasteiger partial charge in [-0.05, 0) is 26.3 Å². The Morgan fingerprint density at radius 3 is 2.36 bits per heavy atom. The van der Waals surface area contributed by atoms with Crippen molar-refractivity contribution >= 4 is 0 Å². The average Bonchev–Trinajstić information content (AvgIpc) is 2.07. The van der Waals surface area contributed by atoms with E-state index in [4.69, 9.17) is 4.74 Å². The molecule has 0 amide bonds. The van der Waals surface area contributed by atoms with E-state index in [2.05, 4.69) is 0 Å². The van der Waals surface area contributed by atoms with Gasteiger partial charge in [0.1, 0.15) is 5.67 Å². The van der Waals surface area contributed by atoms with Gasteiger partial charge in [0.15, 0.2) is 11.5 Å². The van der Waals surface area contributed by atoms with Gasteiger partial charge < -0.3 is 9.84 Å². The van der Waals surface area contributed by atoms with E-state index in [0.717, 1.165) is 0 Å². The third-order valence-corrected chi connectivity index (χ3v) is 2.18. The van der Waals surface area contributed by atoms with Crippen LogP contribution < -0.4 is 4.74 Å². The molecule has 0 aliphatic rings. The van der Waals surface area contributed by atoms with E-state index in [1.807, 2.05) is 0 Å². The molecule has 0 fully saturated rings. The van der Waals surface area contributed by atoms with Crippen LogP contribution in [0.4, 0.5) is 4.39 Å². The Morgan fingerprint density at radius 1 is 1.36 bits per heavy atom. The minimum absolute atomic E-state index is 0.00993. The summed E-state index contributed by atoms with van der Waals surface area (Å²) in [6, 6.07) is 3.31. The summed E-state index contributed by atoms with van der Waals surface area (Å²) in [7, 11) is 1.42. The van der Waals surface area contributed by atoms with Crippen molar-refractivity contribution in [1.29, 1.82) is 0 Å². The smallest absolute Gasteiger partial charge is 0.167 e. The first-order valence-electron chi connectivity index (χ1n) is 4.44. The van der Waals surface area contributed by atoms with Crippen LogP contribution in [0.3, 0.4) is 0 Å². The molecule has 1 aromatic carbocycles. The van der Waals surface area contributed by atoms with Crippen LogP contribution in [0, 0.1) is 6.92 Å². The van der Waals surface area contributed by atoms with Crippen molar-refractivity contribution < 1.29 is 14.2 Å². The molecule has 0 radical (unpaired) electrons. The lowest BCUT2D eigenvalue weighted by Crippen LogP contribution is -2.11. The summed E-state index contributed by atoms with van der Waals surface area (Å²) in [6.45, 7) is 4.60. The van der Waals surface area contributed by atoms with Crippen LogP contribution in [0.2, 0.25) is 0 Å². The lowest BCUT2D eigenvalue weighted by Gasteiger charge is -2.19. The first-order chi connectivity index (χ1) is 6.38. The predicted octanol–water partition coefficient (Wildman–Crippen LogP) is 2.91. The second-order valence-electron chi connectivity index (χ2n) is 3.78. The predicted molar refractivity (Wildman–Crippen MR) is 53.5 cm³/mol. The molecule has 0 saturated heterocycles. The molecule has 2 nitrogen and oxygen atoms in total. The molecule has 0 bridgehead atoms. The van der Waals surface area contributed by atoms with Crippen molar-refractivity contribution in [2.45, 2.75) is 26.4 Å². The summed E-state index contributed by atoms with van der Waals surface area (Å²) < 4.78 is 18.7. The van der Waals surface area contributed by atoms with Crippen molar-refractivity contribution in [3.05, 3.63) is 23.3 Å². The largest absolute Gasteiger partial charge is 0.504 e. The lowest BCUT2D eigenvalue weighted by molar-refractivity contribution is 0.211. The maximum absolute atomic E-state index is 13.7. The molecule has 14 heavy (non-hydrogen) atoms. The van der Waals surface area contributed by atoms with Gasteiger partial charge in [0, 0.05) is 5.56 Å². The lowest BCUT2D eigenvalue weighted by atomic mass is 9.97. The Labute approximate surface area is 83.3 Å². The van der Waals surface area contributed by atoms with Gasteiger partial charge in [0.05, 0.1) is 7.11 Å². The zero-order chi connectivity index (χ0) is 10.9. The SMILES string of the molecule is COc1c(C(C)(C)F)ccc(C)c1O. The van der Waals surface area contributed by atoms with E-state index in [1.165, 1.54) is 21.0 Å². The normalized spacial score (nSPS) is 11.5. The molecule has 0 unspecified atom stereocenters. The Bertz CT molecular complexity index is 340. The molecule has 78 valence electrons. The maximum Gasteiger partial charge on any atom is 0.167 e. The van der Waals surface area contributed by atoms with Gasteiger partial charge in [-0.1, -0.05) is 12.1 Å². The summed E-state index contributed by atoms with van der Waals surface area (Å²) in [5.41, 5.74) is -0.478. The Morgan fingerprint density at radius 2 is 1.93 bits per heavy atom. The zero-order valence-electron chi connectivity index (χ0n) is 8.89. The summed E-state index contributed by atoms with van der Waals surface area (Å²) in [5.74, 6) is 0.230. The number of halogens is 1. The van der Waals surface area contributed by atoms with Crippen LogP contribution in [-0.4, -0.2) is 12.2 Å². The number of hydrogen-bond donors (Lipinski definition) is 1. The number of phenols is 1. The van der Waals surface area contributed by atoms with Crippen molar-refractivity contribution in [2.24, 2.45) is 0 Å². The highest BCUT2D eigenvalue weighted by molar-refractivity contribution is 5.52. The number of alkyl halides is 1. The molecule has 0 atom stereocenters. The van der Waals surface area contributed by atoms with Gasteiger partial charge in [-0.3, -0.25) is 0 Å². The van der Waals surface area contributed by atoms with Gasteiger partial charge in [-0.25, -0.2) is 4.39 Å². The van der Waals surface area contributed by atoms with Crippen LogP contribution in [-0.2, 0) is 5.67 Å². The fourth-order valence-corrected chi connectivity index (χ4v) is 1.34. The third-order valence-electron chi connectivity index (χ3n) is 2.18. The van der Waals surface area contributed by atoms with Gasteiger partial charge in [-0.2, -0.15) is 0 Å². The minimum Gasteiger partial charge on any atom is -0.504 e. The number of aromatic hydroxyl groups is 1. The fraction of sp³-hybridized carbons (Fsp3) is 0.455. The van der Waals surface area contributed by atoms with Crippen molar-refractivity contribution in [2.75, 3.05) is 7.11 Å². The second kappa shape index (κ2) is 3.48. The molecule has 0 aliphatic carbocycles. The van der Waals surface area contributed by atoms with E-state index in [1.54, 1.807) is 19.1 Å². The molecule has 0 heterocycles. The second-order valence-corrected chi connectivity index (χ2v) is 3.78. The summed E-state index contributed by atoms with van der Waals surface area (Å²) >= 11 is 0. The molecule has 1 rings (SSSR count). The molecular formula is C11H15FO2. The van der Waals surface area contributed by atoms with Crippen LogP contribution in [0.1, 0.15) is 25.0 Å². The van der Waals surface area contributed by atoms with Gasteiger partial charge in [0.2, 0.25) is 0 Å². The number of rotatable bonds is 2. The molecule has 0 saturated carbocycles. The maximum atomic E-state index is 13.7.